The van der Waals surface area contributed by atoms with Gasteiger partial charge in [-0.25, -0.2) is 0 Å². The SMILES string of the molecule is COC(C)[C@@H]1CC(CC2CCC(O)(c3ccccn3)CC2)CN1C(=O)CCC(=O)c1cccc(C(F)(F)F)c1. The number of benzene rings is 1. The molecule has 1 saturated carbocycles. The number of rotatable bonds is 9. The maximum atomic E-state index is 13.2. The molecule has 3 atom stereocenters. The van der Waals surface area contributed by atoms with Crippen molar-refractivity contribution in [3.63, 3.8) is 0 Å². The molecule has 1 amide bonds. The van der Waals surface area contributed by atoms with Crippen molar-refractivity contribution in [1.29, 1.82) is 0 Å². The van der Waals surface area contributed by atoms with Crippen LogP contribution in [0.2, 0.25) is 0 Å². The lowest BCUT2D eigenvalue weighted by Crippen LogP contribution is -2.42. The van der Waals surface area contributed by atoms with Crippen molar-refractivity contribution in [2.45, 2.75) is 82.2 Å². The number of hydrogen-bond acceptors (Lipinski definition) is 5. The lowest BCUT2D eigenvalue weighted by molar-refractivity contribution is -0.137. The first-order chi connectivity index (χ1) is 18.5. The molecule has 39 heavy (non-hydrogen) atoms. The van der Waals surface area contributed by atoms with Crippen molar-refractivity contribution in [2.75, 3.05) is 13.7 Å². The van der Waals surface area contributed by atoms with Crippen LogP contribution in [0.4, 0.5) is 13.2 Å². The van der Waals surface area contributed by atoms with Gasteiger partial charge in [0.2, 0.25) is 5.91 Å². The lowest BCUT2D eigenvalue weighted by atomic mass is 9.74. The predicted octanol–water partition coefficient (Wildman–Crippen LogP) is 5.78. The second-order valence-electron chi connectivity index (χ2n) is 11.1. The normalized spacial score (nSPS) is 26.4. The molecule has 1 aromatic heterocycles. The van der Waals surface area contributed by atoms with Crippen LogP contribution in [0.25, 0.3) is 0 Å². The van der Waals surface area contributed by atoms with Crippen LogP contribution in [0.1, 0.15) is 79.9 Å². The number of amides is 1. The van der Waals surface area contributed by atoms with E-state index in [1.165, 1.54) is 12.1 Å². The first-order valence-electron chi connectivity index (χ1n) is 13.7. The summed E-state index contributed by atoms with van der Waals surface area (Å²) in [6.45, 7) is 2.49. The standard InChI is InChI=1S/C30H37F3N2O4/c1-20(39-2)25-17-22(16-21-11-13-29(38,14-12-21)27-8-3-4-15-34-27)19-35(25)28(37)10-9-26(36)23-6-5-7-24(18-23)30(31,32)33/h3-8,15,18,20-22,25,38H,9-14,16-17,19H2,1-2H3/t20?,21?,22?,25-,29?/m0/s1. The number of nitrogens with zero attached hydrogens (tertiary/aromatic N) is 2. The summed E-state index contributed by atoms with van der Waals surface area (Å²) in [6.07, 6.45) is 1.59. The first-order valence-corrected chi connectivity index (χ1v) is 13.7. The van der Waals surface area contributed by atoms with Crippen LogP contribution in [-0.4, -0.2) is 52.5 Å². The molecular formula is C30H37F3N2O4. The van der Waals surface area contributed by atoms with Crippen LogP contribution >= 0.6 is 0 Å². The Hall–Kier alpha value is -2.78. The van der Waals surface area contributed by atoms with Gasteiger partial charge < -0.3 is 14.7 Å². The van der Waals surface area contributed by atoms with E-state index in [2.05, 4.69) is 4.98 Å². The summed E-state index contributed by atoms with van der Waals surface area (Å²) in [5, 5.41) is 11.1. The highest BCUT2D eigenvalue weighted by Crippen LogP contribution is 2.42. The molecule has 1 aromatic carbocycles. The van der Waals surface area contributed by atoms with Crippen LogP contribution in [0.5, 0.6) is 0 Å². The zero-order chi connectivity index (χ0) is 28.2. The Kier molecular flexibility index (Phi) is 9.11. The van der Waals surface area contributed by atoms with E-state index in [1.807, 2.05) is 25.1 Å². The maximum Gasteiger partial charge on any atom is 0.416 e. The fraction of sp³-hybridized carbons (Fsp3) is 0.567. The minimum absolute atomic E-state index is 0.0401. The monoisotopic (exact) mass is 546 g/mol. The van der Waals surface area contributed by atoms with Crippen LogP contribution in [0.3, 0.4) is 0 Å². The van der Waals surface area contributed by atoms with E-state index in [9.17, 15) is 27.9 Å². The predicted molar refractivity (Wildman–Crippen MR) is 140 cm³/mol. The van der Waals surface area contributed by atoms with Crippen molar-refractivity contribution in [3.05, 3.63) is 65.5 Å². The quantitative estimate of drug-likeness (QED) is 0.403. The molecule has 1 aliphatic carbocycles. The summed E-state index contributed by atoms with van der Waals surface area (Å²) >= 11 is 0. The van der Waals surface area contributed by atoms with E-state index in [0.717, 1.165) is 43.5 Å². The third-order valence-electron chi connectivity index (χ3n) is 8.48. The average molecular weight is 547 g/mol. The second kappa shape index (κ2) is 12.2. The fourth-order valence-corrected chi connectivity index (χ4v) is 6.15. The number of pyridine rings is 1. The number of ether oxygens (including phenoxy) is 1. The number of alkyl halides is 3. The molecule has 212 valence electrons. The summed E-state index contributed by atoms with van der Waals surface area (Å²) < 4.78 is 44.6. The Labute approximate surface area is 227 Å². The van der Waals surface area contributed by atoms with Gasteiger partial charge in [-0.15, -0.1) is 0 Å². The molecule has 4 rings (SSSR count). The molecule has 2 heterocycles. The molecule has 1 saturated heterocycles. The molecule has 6 nitrogen and oxygen atoms in total. The van der Waals surface area contributed by atoms with Crippen LogP contribution in [0.15, 0.2) is 48.7 Å². The van der Waals surface area contributed by atoms with E-state index >= 15 is 0 Å². The molecule has 0 radical (unpaired) electrons. The highest BCUT2D eigenvalue weighted by atomic mass is 19.4. The van der Waals surface area contributed by atoms with Gasteiger partial charge in [-0.3, -0.25) is 14.6 Å². The van der Waals surface area contributed by atoms with Crippen LogP contribution < -0.4 is 0 Å². The number of hydrogen-bond donors (Lipinski definition) is 1. The second-order valence-corrected chi connectivity index (χ2v) is 11.1. The minimum Gasteiger partial charge on any atom is -0.384 e. The Morgan fingerprint density at radius 1 is 1.13 bits per heavy atom. The van der Waals surface area contributed by atoms with Gasteiger partial charge in [0.25, 0.3) is 0 Å². The summed E-state index contributed by atoms with van der Waals surface area (Å²) in [6, 6.07) is 9.80. The minimum atomic E-state index is -4.53. The maximum absolute atomic E-state index is 13.2. The summed E-state index contributed by atoms with van der Waals surface area (Å²) in [7, 11) is 1.61. The molecule has 0 spiro atoms. The summed E-state index contributed by atoms with van der Waals surface area (Å²) in [5.74, 6) is 0.0563. The highest BCUT2D eigenvalue weighted by Gasteiger charge is 2.41. The summed E-state index contributed by atoms with van der Waals surface area (Å²) in [5.41, 5.74) is -1.09. The number of carbonyl (C=O) groups is 2. The van der Waals surface area contributed by atoms with E-state index in [1.54, 1.807) is 18.2 Å². The number of carbonyl (C=O) groups excluding carboxylic acids is 2. The van der Waals surface area contributed by atoms with E-state index in [-0.39, 0.29) is 42.4 Å². The molecule has 2 aliphatic rings. The van der Waals surface area contributed by atoms with Gasteiger partial charge in [-0.05, 0) is 81.5 Å². The molecule has 9 heteroatoms. The molecule has 2 unspecified atom stereocenters. The fourth-order valence-electron chi connectivity index (χ4n) is 6.15. The van der Waals surface area contributed by atoms with Gasteiger partial charge in [-0.2, -0.15) is 13.2 Å². The van der Waals surface area contributed by atoms with Gasteiger partial charge in [0, 0.05) is 38.3 Å². The lowest BCUT2D eigenvalue weighted by Gasteiger charge is -2.36. The highest BCUT2D eigenvalue weighted by molar-refractivity contribution is 5.98. The van der Waals surface area contributed by atoms with Crippen molar-refractivity contribution in [3.8, 4) is 0 Å². The number of aromatic nitrogens is 1. The van der Waals surface area contributed by atoms with Gasteiger partial charge in [-0.1, -0.05) is 18.2 Å². The molecule has 1 N–H and O–H groups in total. The van der Waals surface area contributed by atoms with Crippen LogP contribution in [0, 0.1) is 11.8 Å². The Bertz CT molecular complexity index is 1130. The van der Waals surface area contributed by atoms with Gasteiger partial charge in [0.05, 0.1) is 23.4 Å². The number of likely N-dealkylation sites (tertiary alicyclic amines) is 1. The van der Waals surface area contributed by atoms with Crippen molar-refractivity contribution >= 4 is 11.7 Å². The third-order valence-corrected chi connectivity index (χ3v) is 8.48. The van der Waals surface area contributed by atoms with Gasteiger partial charge in [0.15, 0.2) is 5.78 Å². The molecule has 0 bridgehead atoms. The van der Waals surface area contributed by atoms with E-state index in [0.29, 0.717) is 25.3 Å². The van der Waals surface area contributed by atoms with Crippen molar-refractivity contribution in [1.82, 2.24) is 9.88 Å². The first kappa shape index (κ1) is 29.2. The van der Waals surface area contributed by atoms with E-state index in [4.69, 9.17) is 4.74 Å². The van der Waals surface area contributed by atoms with Crippen LogP contribution in [-0.2, 0) is 21.3 Å². The van der Waals surface area contributed by atoms with Gasteiger partial charge in [0.1, 0.15) is 5.60 Å². The molecule has 2 fully saturated rings. The zero-order valence-corrected chi connectivity index (χ0v) is 22.5. The number of ketones is 1. The largest absolute Gasteiger partial charge is 0.416 e. The smallest absolute Gasteiger partial charge is 0.384 e. The van der Waals surface area contributed by atoms with Crippen molar-refractivity contribution < 1.29 is 32.6 Å². The number of aliphatic hydroxyl groups is 1. The van der Waals surface area contributed by atoms with Gasteiger partial charge >= 0.3 is 6.18 Å². The zero-order valence-electron chi connectivity index (χ0n) is 22.5. The molecule has 1 aliphatic heterocycles. The van der Waals surface area contributed by atoms with Crippen molar-refractivity contribution in [2.24, 2.45) is 11.8 Å². The summed E-state index contributed by atoms with van der Waals surface area (Å²) in [4.78, 5) is 32.0. The third kappa shape index (κ3) is 7.06. The number of Topliss-reactive ketones (excluding diaryl/α,β-unsaturated/α-hetero) is 1. The number of methoxy groups -OCH3 is 1. The number of halogens is 3. The van der Waals surface area contributed by atoms with E-state index < -0.39 is 23.1 Å². The average Bonchev–Trinajstić information content (AvgIpc) is 3.36. The topological polar surface area (TPSA) is 79.7 Å². The molecular weight excluding hydrogens is 509 g/mol. The molecule has 2 aromatic rings. The Balaban J connectivity index is 1.33. The Morgan fingerprint density at radius 2 is 1.87 bits per heavy atom. The Morgan fingerprint density at radius 3 is 2.51 bits per heavy atom.